The molecule has 6 rings (SSSR count). The number of hydrogen-bond donors (Lipinski definition) is 7. The van der Waals surface area contributed by atoms with Gasteiger partial charge in [0.2, 0.25) is 0 Å². The number of nitrogens with zero attached hydrogens (tertiary/aromatic N) is 8. The van der Waals surface area contributed by atoms with E-state index in [4.69, 9.17) is 24.3 Å². The van der Waals surface area contributed by atoms with Gasteiger partial charge in [-0.1, -0.05) is 5.21 Å². The van der Waals surface area contributed by atoms with Crippen LogP contribution in [0.25, 0.3) is 22.3 Å². The molecule has 44 heavy (non-hydrogen) atoms. The number of fused-ring (bicyclic) bond motifs is 2. The lowest BCUT2D eigenvalue weighted by atomic mass is 10.1. The molecule has 4 aromatic heterocycles. The van der Waals surface area contributed by atoms with Crippen LogP contribution in [0.4, 0.5) is 5.82 Å². The highest BCUT2D eigenvalue weighted by atomic mass is 31.3. The van der Waals surface area contributed by atoms with Gasteiger partial charge in [-0.2, -0.15) is 8.99 Å². The van der Waals surface area contributed by atoms with Gasteiger partial charge in [-0.3, -0.25) is 13.6 Å². The summed E-state index contributed by atoms with van der Waals surface area (Å²) in [5.74, 6) is 0.0572. The fraction of sp³-hybridized carbons (Fsp3) is 0.500. The van der Waals surface area contributed by atoms with Gasteiger partial charge in [0, 0.05) is 6.20 Å². The van der Waals surface area contributed by atoms with Crippen LogP contribution in [0.1, 0.15) is 12.5 Å². The van der Waals surface area contributed by atoms with Crippen LogP contribution >= 0.6 is 15.6 Å². The molecular weight excluding hydrogens is 636 g/mol. The number of nitrogens with two attached hydrogens (primary N) is 1. The van der Waals surface area contributed by atoms with Crippen molar-refractivity contribution in [1.82, 2.24) is 39.5 Å². The molecule has 2 aliphatic heterocycles. The highest BCUT2D eigenvalue weighted by Crippen LogP contribution is 2.60. The number of ether oxygens (including phenoxy) is 2. The Morgan fingerprint density at radius 1 is 0.864 bits per heavy atom. The molecule has 0 aromatic carbocycles. The molecule has 238 valence electrons. The summed E-state index contributed by atoms with van der Waals surface area (Å²) in [6.07, 6.45) is -8.02. The van der Waals surface area contributed by atoms with E-state index in [1.165, 1.54) is 17.1 Å². The van der Waals surface area contributed by atoms with Crippen molar-refractivity contribution in [2.45, 2.75) is 49.1 Å². The van der Waals surface area contributed by atoms with E-state index in [0.29, 0.717) is 5.52 Å². The Morgan fingerprint density at radius 2 is 1.50 bits per heavy atom. The van der Waals surface area contributed by atoms with Crippen molar-refractivity contribution in [3.8, 4) is 0 Å². The number of phosphoric acid groups is 2. The van der Waals surface area contributed by atoms with Crippen LogP contribution in [0, 0.1) is 0 Å². The third kappa shape index (κ3) is 5.84. The number of nitrogen functional groups attached to an aromatic ring is 1. The predicted molar refractivity (Wildman–Crippen MR) is 140 cm³/mol. The van der Waals surface area contributed by atoms with Crippen LogP contribution in [0.3, 0.4) is 0 Å². The molecule has 2 fully saturated rings. The topological polar surface area (TPSA) is 315 Å². The molecular formula is C20H25N9O13P2. The molecule has 10 atom stereocenters. The highest BCUT2D eigenvalue weighted by molar-refractivity contribution is 7.61. The molecule has 4 aromatic rings. The summed E-state index contributed by atoms with van der Waals surface area (Å²) in [6, 6.07) is 3.21. The van der Waals surface area contributed by atoms with Crippen molar-refractivity contribution >= 4 is 43.8 Å². The van der Waals surface area contributed by atoms with Gasteiger partial charge >= 0.3 is 15.6 Å². The summed E-state index contributed by atoms with van der Waals surface area (Å²) >= 11 is 0. The van der Waals surface area contributed by atoms with Crippen LogP contribution in [0.5, 0.6) is 0 Å². The number of aliphatic hydroxyl groups is 4. The van der Waals surface area contributed by atoms with Crippen molar-refractivity contribution in [3.63, 3.8) is 0 Å². The van der Waals surface area contributed by atoms with E-state index in [0.717, 1.165) is 11.0 Å². The molecule has 6 heterocycles. The first-order chi connectivity index (χ1) is 20.8. The number of aromatic nitrogens is 8. The standard InChI is InChI=1S/C20H25N9O13P2/c21-16-11-18(24-6-23-16)28(7-25-11)19-14(32)12(30)9(40-19)4-38-43(34,35)42-44(36,37)39-5-10-13(31)15(33)20(41-10)29-17-8(26-27-29)2-1-3-22-17/h1-3,6-7,9-10,12-15,19-20,30-33H,4-5H2,(H,34,35)(H,36,37)(H2,21,23,24)/t9-,10-,12-,13-,14-,15-,19-,20-/m1/s1. The van der Waals surface area contributed by atoms with E-state index in [2.05, 4.69) is 34.6 Å². The monoisotopic (exact) mass is 661 g/mol. The molecule has 2 aliphatic rings. The van der Waals surface area contributed by atoms with Gasteiger partial charge in [0.25, 0.3) is 0 Å². The zero-order chi connectivity index (χ0) is 31.4. The second kappa shape index (κ2) is 11.7. The van der Waals surface area contributed by atoms with Crippen molar-refractivity contribution in [2.75, 3.05) is 18.9 Å². The minimum atomic E-state index is -5.36. The SMILES string of the molecule is Nc1ncnc2c1ncn2[C@@H]1O[C@H](COP(=O)(O)OP(=O)(O)OC[C@H]2O[C@@H](n3nnc4cccnc43)[C@H](O)[C@@H]2O)[C@@H](O)[C@H]1O. The summed E-state index contributed by atoms with van der Waals surface area (Å²) in [5, 5.41) is 49.5. The number of phosphoric ester groups is 2. The Bertz CT molecular complexity index is 1760. The summed E-state index contributed by atoms with van der Waals surface area (Å²) in [6.45, 7) is -1.77. The Balaban J connectivity index is 1.04. The Hall–Kier alpha value is -3.08. The van der Waals surface area contributed by atoms with Gasteiger partial charge in [-0.25, -0.2) is 29.1 Å². The average Bonchev–Trinajstić information content (AvgIpc) is 3.73. The fourth-order valence-corrected chi connectivity index (χ4v) is 6.78. The normalized spacial score (nSPS) is 31.9. The van der Waals surface area contributed by atoms with E-state index in [-0.39, 0.29) is 22.6 Å². The maximum atomic E-state index is 12.4. The molecule has 0 aliphatic carbocycles. The summed E-state index contributed by atoms with van der Waals surface area (Å²) in [4.78, 5) is 36.0. The molecule has 0 bridgehead atoms. The summed E-state index contributed by atoms with van der Waals surface area (Å²) in [5.41, 5.74) is 6.73. The van der Waals surface area contributed by atoms with Gasteiger partial charge < -0.3 is 45.4 Å². The highest BCUT2D eigenvalue weighted by Gasteiger charge is 2.48. The van der Waals surface area contributed by atoms with Crippen LogP contribution in [0.15, 0.2) is 31.0 Å². The van der Waals surface area contributed by atoms with Crippen molar-refractivity contribution in [1.29, 1.82) is 0 Å². The maximum absolute atomic E-state index is 12.4. The number of pyridine rings is 1. The molecule has 0 spiro atoms. The van der Waals surface area contributed by atoms with Gasteiger partial charge in [0.15, 0.2) is 29.6 Å². The van der Waals surface area contributed by atoms with Crippen molar-refractivity contribution in [3.05, 3.63) is 31.0 Å². The van der Waals surface area contributed by atoms with Gasteiger partial charge in [0.1, 0.15) is 54.0 Å². The summed E-state index contributed by atoms with van der Waals surface area (Å²) in [7, 11) is -10.7. The molecule has 24 heteroatoms. The second-order valence-corrected chi connectivity index (χ2v) is 12.7. The van der Waals surface area contributed by atoms with E-state index in [9.17, 15) is 39.3 Å². The van der Waals surface area contributed by atoms with Gasteiger partial charge in [-0.15, -0.1) is 5.10 Å². The van der Waals surface area contributed by atoms with Crippen LogP contribution in [0.2, 0.25) is 0 Å². The largest absolute Gasteiger partial charge is 0.481 e. The Kier molecular flexibility index (Phi) is 8.22. The van der Waals surface area contributed by atoms with Gasteiger partial charge in [0.05, 0.1) is 19.5 Å². The van der Waals surface area contributed by atoms with E-state index in [1.807, 2.05) is 0 Å². The first-order valence-electron chi connectivity index (χ1n) is 12.6. The Labute approximate surface area is 244 Å². The molecule has 0 radical (unpaired) electrons. The number of aliphatic hydroxyl groups excluding tert-OH is 4. The lowest BCUT2D eigenvalue weighted by Crippen LogP contribution is -2.34. The number of rotatable bonds is 10. The van der Waals surface area contributed by atoms with Gasteiger partial charge in [-0.05, 0) is 12.1 Å². The fourth-order valence-electron chi connectivity index (χ4n) is 4.69. The first-order valence-corrected chi connectivity index (χ1v) is 15.6. The minimum Gasteiger partial charge on any atom is -0.387 e. The molecule has 0 saturated carbocycles. The lowest BCUT2D eigenvalue weighted by Gasteiger charge is -2.20. The maximum Gasteiger partial charge on any atom is 0.481 e. The van der Waals surface area contributed by atoms with Crippen molar-refractivity contribution in [2.24, 2.45) is 0 Å². The van der Waals surface area contributed by atoms with Crippen LogP contribution in [-0.4, -0.2) is 120 Å². The number of hydrogen-bond acceptors (Lipinski definition) is 18. The smallest absolute Gasteiger partial charge is 0.387 e. The second-order valence-electron chi connectivity index (χ2n) is 9.67. The lowest BCUT2D eigenvalue weighted by molar-refractivity contribution is -0.0576. The van der Waals surface area contributed by atoms with E-state index in [1.54, 1.807) is 12.1 Å². The quantitative estimate of drug-likeness (QED) is 0.0881. The van der Waals surface area contributed by atoms with Crippen molar-refractivity contribution < 1.29 is 62.2 Å². The van der Waals surface area contributed by atoms with E-state index >= 15 is 0 Å². The minimum absolute atomic E-state index is 0.0572. The zero-order valence-corrected chi connectivity index (χ0v) is 23.8. The number of anilines is 1. The molecule has 22 nitrogen and oxygen atoms in total. The molecule has 2 saturated heterocycles. The molecule has 8 N–H and O–H groups in total. The Morgan fingerprint density at radius 3 is 2.18 bits per heavy atom. The predicted octanol–water partition coefficient (Wildman–Crippen LogP) is -2.26. The number of imidazole rings is 1. The molecule has 0 amide bonds. The third-order valence-corrected chi connectivity index (χ3v) is 9.42. The summed E-state index contributed by atoms with van der Waals surface area (Å²) < 4.78 is 52.1. The first kappa shape index (κ1) is 30.9. The average molecular weight is 661 g/mol. The van der Waals surface area contributed by atoms with Crippen LogP contribution in [-0.2, 0) is 32.0 Å². The third-order valence-electron chi connectivity index (χ3n) is 6.82. The van der Waals surface area contributed by atoms with Crippen LogP contribution < -0.4 is 5.73 Å². The van der Waals surface area contributed by atoms with E-state index < -0.39 is 77.9 Å². The molecule has 2 unspecified atom stereocenters. The zero-order valence-electron chi connectivity index (χ0n) is 22.0.